The first-order valence-electron chi connectivity index (χ1n) is 11.8. The molecule has 1 saturated carbocycles. The van der Waals surface area contributed by atoms with Gasteiger partial charge in [0.1, 0.15) is 5.75 Å². The fourth-order valence-electron chi connectivity index (χ4n) is 4.11. The van der Waals surface area contributed by atoms with Crippen molar-refractivity contribution < 1.29 is 14.6 Å². The van der Waals surface area contributed by atoms with Crippen LogP contribution < -0.4 is 10.1 Å². The van der Waals surface area contributed by atoms with E-state index in [1.54, 1.807) is 38.0 Å². The van der Waals surface area contributed by atoms with Gasteiger partial charge in [0.2, 0.25) is 0 Å². The molecule has 0 bridgehead atoms. The predicted octanol–water partition coefficient (Wildman–Crippen LogP) is 4.27. The van der Waals surface area contributed by atoms with Gasteiger partial charge in [-0.15, -0.1) is 0 Å². The van der Waals surface area contributed by atoms with Gasteiger partial charge in [0.15, 0.2) is 0 Å². The lowest BCUT2D eigenvalue weighted by atomic mass is 9.99. The number of carbonyl (C=O) groups is 1. The quantitative estimate of drug-likeness (QED) is 0.465. The molecule has 1 aliphatic carbocycles. The van der Waals surface area contributed by atoms with Crippen LogP contribution in [0.3, 0.4) is 0 Å². The van der Waals surface area contributed by atoms with Crippen molar-refractivity contribution in [3.63, 3.8) is 0 Å². The Bertz CT molecular complexity index is 1150. The Balaban J connectivity index is 1.56. The zero-order valence-corrected chi connectivity index (χ0v) is 20.3. The zero-order valence-electron chi connectivity index (χ0n) is 20.3. The average Bonchev–Trinajstić information content (AvgIpc) is 3.55. The highest BCUT2D eigenvalue weighted by atomic mass is 16.5. The third kappa shape index (κ3) is 5.62. The maximum absolute atomic E-state index is 13.1. The molecular weight excluding hydrogens is 430 g/mol. The number of hydrogen-bond donors (Lipinski definition) is 2. The molecule has 180 valence electrons. The van der Waals surface area contributed by atoms with Crippen LogP contribution in [0.15, 0.2) is 42.7 Å². The molecule has 0 saturated heterocycles. The lowest BCUT2D eigenvalue weighted by Crippen LogP contribution is -2.33. The van der Waals surface area contributed by atoms with Gasteiger partial charge in [0.25, 0.3) is 11.9 Å². The van der Waals surface area contributed by atoms with Gasteiger partial charge < -0.3 is 15.2 Å². The number of aliphatic hydroxyl groups is 1. The summed E-state index contributed by atoms with van der Waals surface area (Å²) in [5, 5.41) is 17.5. The maximum Gasteiger partial charge on any atom is 0.254 e. The summed E-state index contributed by atoms with van der Waals surface area (Å²) < 4.78 is 7.19. The summed E-state index contributed by atoms with van der Waals surface area (Å²) in [6, 6.07) is 9.54. The molecule has 2 aromatic heterocycles. The van der Waals surface area contributed by atoms with Crippen LogP contribution in [-0.4, -0.2) is 49.5 Å². The van der Waals surface area contributed by atoms with Crippen molar-refractivity contribution in [1.82, 2.24) is 25.1 Å². The number of nitrogens with one attached hydrogen (secondary N) is 1. The number of aromatic nitrogens is 4. The van der Waals surface area contributed by atoms with Gasteiger partial charge in [-0.1, -0.05) is 12.1 Å². The number of carbonyl (C=O) groups excluding carboxylic acids is 1. The topological polar surface area (TPSA) is 102 Å². The molecule has 4 rings (SSSR count). The highest BCUT2D eigenvalue weighted by Crippen LogP contribution is 2.42. The Kier molecular flexibility index (Phi) is 6.97. The van der Waals surface area contributed by atoms with E-state index in [4.69, 9.17) is 9.72 Å². The van der Waals surface area contributed by atoms with Crippen LogP contribution in [0.4, 0.5) is 0 Å². The molecule has 1 fully saturated rings. The minimum atomic E-state index is -0.692. The number of ether oxygens (including phenoxy) is 1. The molecule has 3 aromatic rings. The number of para-hydroxylation sites is 1. The second kappa shape index (κ2) is 9.93. The summed E-state index contributed by atoms with van der Waals surface area (Å²) in [6.45, 7) is 5.60. The van der Waals surface area contributed by atoms with Crippen LogP contribution >= 0.6 is 0 Å². The third-order valence-corrected chi connectivity index (χ3v) is 6.03. The van der Waals surface area contributed by atoms with E-state index in [-0.39, 0.29) is 17.9 Å². The Labute approximate surface area is 200 Å². The van der Waals surface area contributed by atoms with Crippen molar-refractivity contribution in [1.29, 1.82) is 0 Å². The van der Waals surface area contributed by atoms with Crippen molar-refractivity contribution in [2.75, 3.05) is 7.11 Å². The number of benzene rings is 1. The van der Waals surface area contributed by atoms with Gasteiger partial charge in [0.05, 0.1) is 35.9 Å². The minimum absolute atomic E-state index is 0.00428. The van der Waals surface area contributed by atoms with Crippen molar-refractivity contribution in [3.8, 4) is 23.0 Å². The van der Waals surface area contributed by atoms with Gasteiger partial charge >= 0.3 is 0 Å². The molecule has 8 nitrogen and oxygen atoms in total. The second-order valence-electron chi connectivity index (χ2n) is 9.65. The first kappa shape index (κ1) is 23.9. The van der Waals surface area contributed by atoms with Crippen molar-refractivity contribution in [2.45, 2.75) is 70.4 Å². The number of amides is 1. The molecular formula is C26H33N5O3. The minimum Gasteiger partial charge on any atom is -0.496 e. The van der Waals surface area contributed by atoms with Crippen molar-refractivity contribution in [3.05, 3.63) is 54.0 Å². The second-order valence-corrected chi connectivity index (χ2v) is 9.65. The maximum atomic E-state index is 13.1. The van der Waals surface area contributed by atoms with E-state index in [2.05, 4.69) is 15.4 Å². The van der Waals surface area contributed by atoms with Crippen molar-refractivity contribution in [2.24, 2.45) is 0 Å². The summed E-state index contributed by atoms with van der Waals surface area (Å²) in [4.78, 5) is 22.3. The molecule has 2 N–H and O–H groups in total. The van der Waals surface area contributed by atoms with Gasteiger partial charge in [0, 0.05) is 23.7 Å². The first-order chi connectivity index (χ1) is 16.3. The lowest BCUT2D eigenvalue weighted by Gasteiger charge is -2.19. The number of rotatable bonds is 10. The van der Waals surface area contributed by atoms with E-state index < -0.39 is 5.60 Å². The zero-order chi connectivity index (χ0) is 24.3. The summed E-state index contributed by atoms with van der Waals surface area (Å²) in [5.74, 6) is 1.30. The van der Waals surface area contributed by atoms with Crippen molar-refractivity contribution >= 4 is 5.91 Å². The van der Waals surface area contributed by atoms with Gasteiger partial charge in [-0.25, -0.2) is 14.6 Å². The van der Waals surface area contributed by atoms with Crippen LogP contribution in [-0.2, 0) is 0 Å². The van der Waals surface area contributed by atoms with E-state index >= 15 is 0 Å². The molecule has 0 unspecified atom stereocenters. The smallest absolute Gasteiger partial charge is 0.254 e. The van der Waals surface area contributed by atoms with Crippen LogP contribution in [0, 0.1) is 0 Å². The SMILES string of the molecule is COc1ccccc1-c1ccnc(-n2ncc(C(=O)N[C@H](C)CCCC(C)(C)O)c2C2CC2)n1. The summed E-state index contributed by atoms with van der Waals surface area (Å²) in [6.07, 6.45) is 7.67. The largest absolute Gasteiger partial charge is 0.496 e. The van der Waals surface area contributed by atoms with E-state index in [9.17, 15) is 9.90 Å². The highest BCUT2D eigenvalue weighted by molar-refractivity contribution is 5.95. The molecule has 0 spiro atoms. The van der Waals surface area contributed by atoms with E-state index in [1.807, 2.05) is 37.3 Å². The third-order valence-electron chi connectivity index (χ3n) is 6.03. The molecule has 2 heterocycles. The van der Waals surface area contributed by atoms with E-state index in [1.165, 1.54) is 0 Å². The summed E-state index contributed by atoms with van der Waals surface area (Å²) in [5.41, 5.74) is 2.33. The molecule has 8 heteroatoms. The molecule has 0 aliphatic heterocycles. The Morgan fingerprint density at radius 2 is 2.06 bits per heavy atom. The number of hydrogen-bond acceptors (Lipinski definition) is 6. The van der Waals surface area contributed by atoms with E-state index in [0.29, 0.717) is 17.9 Å². The van der Waals surface area contributed by atoms with Gasteiger partial charge in [-0.05, 0) is 71.1 Å². The fraction of sp³-hybridized carbons (Fsp3) is 0.462. The Morgan fingerprint density at radius 1 is 1.29 bits per heavy atom. The van der Waals surface area contributed by atoms with E-state index in [0.717, 1.165) is 48.4 Å². The predicted molar refractivity (Wildman–Crippen MR) is 130 cm³/mol. The van der Waals surface area contributed by atoms with Crippen LogP contribution in [0.25, 0.3) is 17.2 Å². The lowest BCUT2D eigenvalue weighted by molar-refractivity contribution is 0.0674. The molecule has 1 aromatic carbocycles. The monoisotopic (exact) mass is 463 g/mol. The number of methoxy groups -OCH3 is 1. The molecule has 1 aliphatic rings. The van der Waals surface area contributed by atoms with Crippen LogP contribution in [0.1, 0.15) is 74.8 Å². The Hall–Kier alpha value is -3.26. The van der Waals surface area contributed by atoms with Crippen LogP contribution in [0.2, 0.25) is 0 Å². The average molecular weight is 464 g/mol. The molecule has 1 amide bonds. The number of nitrogens with zero attached hydrogens (tertiary/aromatic N) is 4. The van der Waals surface area contributed by atoms with Gasteiger partial charge in [-0.2, -0.15) is 5.10 Å². The fourth-order valence-corrected chi connectivity index (χ4v) is 4.11. The standard InChI is InChI=1S/C26H33N5O3/c1-17(8-7-14-26(2,3)33)29-24(32)20-16-28-31(23(20)18-11-12-18)25-27-15-13-21(30-25)19-9-5-6-10-22(19)34-4/h5-6,9-10,13,15-18,33H,7-8,11-12,14H2,1-4H3,(H,29,32)/t17-/m1/s1. The molecule has 1 atom stereocenters. The first-order valence-corrected chi connectivity index (χ1v) is 11.8. The summed E-state index contributed by atoms with van der Waals surface area (Å²) >= 11 is 0. The molecule has 34 heavy (non-hydrogen) atoms. The summed E-state index contributed by atoms with van der Waals surface area (Å²) in [7, 11) is 1.64. The molecule has 0 radical (unpaired) electrons. The van der Waals surface area contributed by atoms with Gasteiger partial charge in [-0.3, -0.25) is 4.79 Å². The highest BCUT2D eigenvalue weighted by Gasteiger charge is 2.34. The Morgan fingerprint density at radius 3 is 2.76 bits per heavy atom. The normalized spacial score (nSPS) is 14.6. The van der Waals surface area contributed by atoms with Crippen LogP contribution in [0.5, 0.6) is 5.75 Å².